The molecule has 2 aliphatic rings. The lowest BCUT2D eigenvalue weighted by molar-refractivity contribution is -0.118. The molecule has 7 heteroatoms. The van der Waals surface area contributed by atoms with Crippen LogP contribution in [0.3, 0.4) is 0 Å². The van der Waals surface area contributed by atoms with E-state index in [0.717, 1.165) is 18.5 Å². The number of carbonyl (C=O) groups is 1. The van der Waals surface area contributed by atoms with Crippen LogP contribution in [0.5, 0.6) is 0 Å². The van der Waals surface area contributed by atoms with E-state index in [0.29, 0.717) is 11.6 Å². The molecule has 27 heavy (non-hydrogen) atoms. The maximum Gasteiger partial charge on any atom is 0.248 e. The smallest absolute Gasteiger partial charge is 0.248 e. The highest BCUT2D eigenvalue weighted by Gasteiger charge is 2.50. The summed E-state index contributed by atoms with van der Waals surface area (Å²) >= 11 is 1.46. The molecule has 2 aliphatic heterocycles. The largest absolute Gasteiger partial charge is 0.315 e. The minimum absolute atomic E-state index is 0.0600. The Morgan fingerprint density at radius 1 is 1.22 bits per heavy atom. The number of nitrogens with zero attached hydrogens (tertiary/aromatic N) is 2. The van der Waals surface area contributed by atoms with Gasteiger partial charge >= 0.3 is 0 Å². The molecule has 0 aromatic heterocycles. The zero-order valence-corrected chi connectivity index (χ0v) is 18.1. The molecule has 1 amide bonds. The Hall–Kier alpha value is -1.34. The fourth-order valence-corrected chi connectivity index (χ4v) is 7.77. The van der Waals surface area contributed by atoms with Crippen molar-refractivity contribution in [2.45, 2.75) is 58.2 Å². The molecule has 2 atom stereocenters. The van der Waals surface area contributed by atoms with Crippen molar-refractivity contribution in [1.29, 1.82) is 0 Å². The summed E-state index contributed by atoms with van der Waals surface area (Å²) < 4.78 is 24.5. The van der Waals surface area contributed by atoms with E-state index in [1.807, 2.05) is 19.9 Å². The number of anilines is 1. The summed E-state index contributed by atoms with van der Waals surface area (Å²) in [5, 5.41) is 0.608. The van der Waals surface area contributed by atoms with Crippen LogP contribution in [0, 0.1) is 5.92 Å². The first kappa shape index (κ1) is 20.4. The van der Waals surface area contributed by atoms with Crippen molar-refractivity contribution >= 4 is 38.4 Å². The van der Waals surface area contributed by atoms with Crippen molar-refractivity contribution in [3.05, 3.63) is 29.3 Å². The molecule has 1 aromatic carbocycles. The maximum atomic E-state index is 12.4. The van der Waals surface area contributed by atoms with Gasteiger partial charge in [0.2, 0.25) is 5.91 Å². The predicted molar refractivity (Wildman–Crippen MR) is 113 cm³/mol. The molecule has 0 spiro atoms. The number of rotatable bonds is 5. The van der Waals surface area contributed by atoms with Crippen LogP contribution in [0.2, 0.25) is 0 Å². The number of aliphatic imine (C=N–C) groups is 1. The molecule has 2 fully saturated rings. The number of amidine groups is 1. The fraction of sp³-hybridized carbons (Fsp3) is 0.600. The Labute approximate surface area is 166 Å². The number of carbonyl (C=O) groups excluding carboxylic acids is 1. The van der Waals surface area contributed by atoms with Crippen molar-refractivity contribution in [3.63, 3.8) is 0 Å². The van der Waals surface area contributed by atoms with E-state index < -0.39 is 9.84 Å². The van der Waals surface area contributed by atoms with E-state index in [-0.39, 0.29) is 34.6 Å². The van der Waals surface area contributed by atoms with Crippen LogP contribution in [-0.4, -0.2) is 42.3 Å². The van der Waals surface area contributed by atoms with Gasteiger partial charge in [0.15, 0.2) is 15.0 Å². The molecule has 2 saturated heterocycles. The van der Waals surface area contributed by atoms with Gasteiger partial charge < -0.3 is 4.90 Å². The minimum Gasteiger partial charge on any atom is -0.315 e. The van der Waals surface area contributed by atoms with Gasteiger partial charge in [0, 0.05) is 17.4 Å². The molecule has 3 rings (SSSR count). The number of thioether (sulfide) groups is 1. The van der Waals surface area contributed by atoms with Crippen LogP contribution in [-0.2, 0) is 27.5 Å². The highest BCUT2D eigenvalue weighted by Crippen LogP contribution is 2.43. The lowest BCUT2D eigenvalue weighted by atomic mass is 10.0. The Morgan fingerprint density at radius 3 is 2.41 bits per heavy atom. The molecule has 0 radical (unpaired) electrons. The standard InChI is InChI=1S/C20H28N2O3S2/c1-5-14-8-7-9-15(6-2)19(14)22-16-11-27(24,25)12-17(16)26-20(22)21-18(23)10-13(3)4/h7-9,13,16-17H,5-6,10-12H2,1-4H3/t16-,17+/m1/s1. The maximum absolute atomic E-state index is 12.4. The second-order valence-corrected chi connectivity index (χ2v) is 11.0. The SMILES string of the molecule is CCc1cccc(CC)c1N1C(=NC(=O)CC(C)C)S[C@H]2CS(=O)(=O)C[C@H]21. The molecule has 0 saturated carbocycles. The number of sulfone groups is 1. The first-order valence-electron chi connectivity index (χ1n) is 9.64. The van der Waals surface area contributed by atoms with Crippen molar-refractivity contribution in [2.24, 2.45) is 10.9 Å². The Bertz CT molecular complexity index is 840. The summed E-state index contributed by atoms with van der Waals surface area (Å²) in [4.78, 5) is 18.9. The summed E-state index contributed by atoms with van der Waals surface area (Å²) in [5.41, 5.74) is 3.39. The van der Waals surface area contributed by atoms with E-state index in [2.05, 4.69) is 35.9 Å². The molecular weight excluding hydrogens is 380 g/mol. The first-order chi connectivity index (χ1) is 12.8. The molecule has 0 bridgehead atoms. The van der Waals surface area contributed by atoms with E-state index in [4.69, 9.17) is 0 Å². The minimum atomic E-state index is -3.06. The summed E-state index contributed by atoms with van der Waals surface area (Å²) in [6, 6.07) is 6.07. The quantitative estimate of drug-likeness (QED) is 0.746. The fourth-order valence-electron chi connectivity index (χ4n) is 3.85. The van der Waals surface area contributed by atoms with E-state index in [1.165, 1.54) is 22.9 Å². The summed E-state index contributed by atoms with van der Waals surface area (Å²) in [7, 11) is -3.06. The van der Waals surface area contributed by atoms with Crippen LogP contribution in [0.1, 0.15) is 45.2 Å². The van der Waals surface area contributed by atoms with E-state index in [1.54, 1.807) is 0 Å². The number of fused-ring (bicyclic) bond motifs is 1. The van der Waals surface area contributed by atoms with Crippen molar-refractivity contribution in [1.82, 2.24) is 0 Å². The summed E-state index contributed by atoms with van der Waals surface area (Å²) in [6.07, 6.45) is 2.10. The topological polar surface area (TPSA) is 66.8 Å². The molecule has 5 nitrogen and oxygen atoms in total. The number of aryl methyl sites for hydroxylation is 2. The van der Waals surface area contributed by atoms with E-state index in [9.17, 15) is 13.2 Å². The van der Waals surface area contributed by atoms with Crippen LogP contribution in [0.25, 0.3) is 0 Å². The highest BCUT2D eigenvalue weighted by molar-refractivity contribution is 8.16. The second-order valence-electron chi connectivity index (χ2n) is 7.69. The molecule has 0 N–H and O–H groups in total. The van der Waals surface area contributed by atoms with Gasteiger partial charge in [0.1, 0.15) is 0 Å². The van der Waals surface area contributed by atoms with Crippen LogP contribution in [0.15, 0.2) is 23.2 Å². The van der Waals surface area contributed by atoms with Gasteiger partial charge in [-0.2, -0.15) is 4.99 Å². The van der Waals surface area contributed by atoms with Gasteiger partial charge in [0.05, 0.1) is 17.5 Å². The lowest BCUT2D eigenvalue weighted by Gasteiger charge is -2.29. The average Bonchev–Trinajstić information content (AvgIpc) is 3.04. The number of hydrogen-bond acceptors (Lipinski definition) is 4. The number of benzene rings is 1. The Kier molecular flexibility index (Phi) is 6.01. The Morgan fingerprint density at radius 2 is 1.85 bits per heavy atom. The van der Waals surface area contributed by atoms with Crippen molar-refractivity contribution in [3.8, 4) is 0 Å². The average molecular weight is 409 g/mol. The molecule has 1 aromatic rings. The number of amides is 1. The summed E-state index contributed by atoms with van der Waals surface area (Å²) in [5.74, 6) is 0.401. The Balaban J connectivity index is 2.09. The van der Waals surface area contributed by atoms with Gasteiger partial charge in [0.25, 0.3) is 0 Å². The van der Waals surface area contributed by atoms with Gasteiger partial charge in [-0.1, -0.05) is 57.7 Å². The van der Waals surface area contributed by atoms with Crippen LogP contribution >= 0.6 is 11.8 Å². The van der Waals surface area contributed by atoms with Gasteiger partial charge in [-0.15, -0.1) is 0 Å². The van der Waals surface area contributed by atoms with Gasteiger partial charge in [-0.3, -0.25) is 4.79 Å². The summed E-state index contributed by atoms with van der Waals surface area (Å²) in [6.45, 7) is 8.21. The molecule has 0 unspecified atom stereocenters. The number of para-hydroxylation sites is 1. The van der Waals surface area contributed by atoms with Gasteiger partial charge in [-0.05, 0) is 29.9 Å². The molecule has 148 valence electrons. The van der Waals surface area contributed by atoms with Crippen molar-refractivity contribution in [2.75, 3.05) is 16.4 Å². The highest BCUT2D eigenvalue weighted by atomic mass is 32.2. The van der Waals surface area contributed by atoms with E-state index >= 15 is 0 Å². The first-order valence-corrected chi connectivity index (χ1v) is 12.3. The zero-order chi connectivity index (χ0) is 19.8. The zero-order valence-electron chi connectivity index (χ0n) is 16.4. The van der Waals surface area contributed by atoms with Crippen LogP contribution < -0.4 is 4.90 Å². The molecule has 0 aliphatic carbocycles. The molecular formula is C20H28N2O3S2. The van der Waals surface area contributed by atoms with Crippen molar-refractivity contribution < 1.29 is 13.2 Å². The third-order valence-corrected chi connectivity index (χ3v) is 8.29. The third kappa shape index (κ3) is 4.24. The second kappa shape index (κ2) is 7.95. The number of hydrogen-bond donors (Lipinski definition) is 0. The third-order valence-electron chi connectivity index (χ3n) is 5.08. The van der Waals surface area contributed by atoms with Crippen LogP contribution in [0.4, 0.5) is 5.69 Å². The lowest BCUT2D eigenvalue weighted by Crippen LogP contribution is -2.39. The monoisotopic (exact) mass is 408 g/mol. The normalized spacial score (nSPS) is 25.4. The predicted octanol–water partition coefficient (Wildman–Crippen LogP) is 3.46. The van der Waals surface area contributed by atoms with Gasteiger partial charge in [-0.25, -0.2) is 8.42 Å². The molecule has 2 heterocycles.